The monoisotopic (exact) mass is 263 g/mol. The molecular weight excluding hydrogens is 238 g/mol. The van der Waals surface area contributed by atoms with E-state index in [0.717, 1.165) is 12.3 Å². The predicted molar refractivity (Wildman–Crippen MR) is 81.0 cm³/mol. The van der Waals surface area contributed by atoms with Gasteiger partial charge in [0.2, 0.25) is 0 Å². The molecule has 0 bridgehead atoms. The Balaban J connectivity index is 2.37. The van der Waals surface area contributed by atoms with Gasteiger partial charge in [0.1, 0.15) is 0 Å². The molecule has 2 aliphatic carbocycles. The first-order chi connectivity index (χ1) is 8.48. The first-order valence-electron chi connectivity index (χ1n) is 7.27. The smallest absolute Gasteiger partial charge is 0.0719 e. The van der Waals surface area contributed by atoms with Crippen LogP contribution in [-0.2, 0) is 0 Å². The zero-order valence-corrected chi connectivity index (χ0v) is 12.9. The van der Waals surface area contributed by atoms with Crippen molar-refractivity contribution in [1.82, 2.24) is 0 Å². The SMILES string of the molecule is CC(C)C1=C[C@H]2[C@@H](C)CC[C@@H]2[C@@](C)(N=C=S)CC1. The largest absolute Gasteiger partial charge is 0.226 e. The zero-order chi connectivity index (χ0) is 13.3. The van der Waals surface area contributed by atoms with Crippen molar-refractivity contribution in [1.29, 1.82) is 0 Å². The minimum absolute atomic E-state index is 0.0182. The molecule has 2 rings (SSSR count). The minimum Gasteiger partial charge on any atom is -0.226 e. The van der Waals surface area contributed by atoms with Crippen LogP contribution in [0.3, 0.4) is 0 Å². The number of aliphatic imine (C=N–C) groups is 1. The molecule has 1 nitrogen and oxygen atoms in total. The van der Waals surface area contributed by atoms with Crippen LogP contribution < -0.4 is 0 Å². The average molecular weight is 263 g/mol. The van der Waals surface area contributed by atoms with Crippen molar-refractivity contribution in [2.45, 2.75) is 58.9 Å². The van der Waals surface area contributed by atoms with Gasteiger partial charge in [0.15, 0.2) is 0 Å². The number of isothiocyanates is 1. The van der Waals surface area contributed by atoms with Crippen LogP contribution in [0.5, 0.6) is 0 Å². The highest BCUT2D eigenvalue weighted by Crippen LogP contribution is 2.50. The Bertz CT molecular complexity index is 392. The molecule has 1 saturated carbocycles. The van der Waals surface area contributed by atoms with Gasteiger partial charge in [0.05, 0.1) is 10.7 Å². The Labute approximate surface area is 117 Å². The van der Waals surface area contributed by atoms with E-state index in [2.05, 4.69) is 43.9 Å². The molecule has 100 valence electrons. The Morgan fingerprint density at radius 1 is 1.44 bits per heavy atom. The normalized spacial score (nSPS) is 39.8. The van der Waals surface area contributed by atoms with E-state index < -0.39 is 0 Å². The van der Waals surface area contributed by atoms with Gasteiger partial charge >= 0.3 is 0 Å². The third-order valence-electron chi connectivity index (χ3n) is 5.22. The highest BCUT2D eigenvalue weighted by Gasteiger charge is 2.45. The van der Waals surface area contributed by atoms with Crippen molar-refractivity contribution < 1.29 is 0 Å². The van der Waals surface area contributed by atoms with Gasteiger partial charge in [-0.2, -0.15) is 0 Å². The number of fused-ring (bicyclic) bond motifs is 1. The van der Waals surface area contributed by atoms with E-state index >= 15 is 0 Å². The van der Waals surface area contributed by atoms with E-state index in [9.17, 15) is 0 Å². The van der Waals surface area contributed by atoms with Crippen LogP contribution in [0, 0.1) is 23.7 Å². The van der Waals surface area contributed by atoms with E-state index in [0.29, 0.717) is 17.8 Å². The van der Waals surface area contributed by atoms with Crippen LogP contribution in [-0.4, -0.2) is 10.7 Å². The molecule has 0 aliphatic heterocycles. The molecule has 18 heavy (non-hydrogen) atoms. The summed E-state index contributed by atoms with van der Waals surface area (Å²) in [5.41, 5.74) is 1.65. The maximum atomic E-state index is 4.89. The summed E-state index contributed by atoms with van der Waals surface area (Å²) in [5, 5.41) is 2.66. The Morgan fingerprint density at radius 2 is 2.17 bits per heavy atom. The number of hydrogen-bond acceptors (Lipinski definition) is 2. The molecule has 1 fully saturated rings. The van der Waals surface area contributed by atoms with Gasteiger partial charge in [0.25, 0.3) is 0 Å². The fraction of sp³-hybridized carbons (Fsp3) is 0.812. The Kier molecular flexibility index (Phi) is 4.08. The summed E-state index contributed by atoms with van der Waals surface area (Å²) in [7, 11) is 0. The lowest BCUT2D eigenvalue weighted by molar-refractivity contribution is 0.243. The molecule has 0 aromatic carbocycles. The van der Waals surface area contributed by atoms with Crippen LogP contribution in [0.2, 0.25) is 0 Å². The van der Waals surface area contributed by atoms with Crippen molar-refractivity contribution in [2.75, 3.05) is 0 Å². The molecule has 0 spiro atoms. The summed E-state index contributed by atoms with van der Waals surface area (Å²) in [5.74, 6) is 2.82. The number of nitrogens with zero attached hydrogens (tertiary/aromatic N) is 1. The second-order valence-electron chi connectivity index (χ2n) is 6.70. The van der Waals surface area contributed by atoms with Gasteiger partial charge in [-0.15, -0.1) is 0 Å². The van der Waals surface area contributed by atoms with E-state index in [1.54, 1.807) is 5.57 Å². The maximum Gasteiger partial charge on any atom is 0.0719 e. The maximum absolute atomic E-state index is 4.89. The highest BCUT2D eigenvalue weighted by molar-refractivity contribution is 7.78. The van der Waals surface area contributed by atoms with Crippen molar-refractivity contribution in [2.24, 2.45) is 28.7 Å². The molecule has 0 N–H and O–H groups in total. The van der Waals surface area contributed by atoms with Crippen LogP contribution in [0.15, 0.2) is 16.6 Å². The number of thiocarbonyl (C=S) groups is 1. The Morgan fingerprint density at radius 3 is 2.78 bits per heavy atom. The summed E-state index contributed by atoms with van der Waals surface area (Å²) >= 11 is 4.89. The molecule has 0 aromatic heterocycles. The van der Waals surface area contributed by atoms with Crippen molar-refractivity contribution >= 4 is 17.4 Å². The molecule has 0 unspecified atom stereocenters. The molecule has 2 heteroatoms. The third-order valence-corrected chi connectivity index (χ3v) is 5.31. The Hall–Kier alpha value is -0.460. The van der Waals surface area contributed by atoms with Crippen molar-refractivity contribution in [3.63, 3.8) is 0 Å². The first kappa shape index (κ1) is 14.0. The molecule has 4 atom stereocenters. The molecular formula is C16H25NS. The second kappa shape index (κ2) is 5.27. The van der Waals surface area contributed by atoms with E-state index in [1.807, 2.05) is 0 Å². The predicted octanol–water partition coefficient (Wildman–Crippen LogP) is 4.89. The fourth-order valence-corrected chi connectivity index (χ4v) is 4.08. The van der Waals surface area contributed by atoms with Crippen molar-refractivity contribution in [3.05, 3.63) is 11.6 Å². The second-order valence-corrected chi connectivity index (χ2v) is 6.88. The lowest BCUT2D eigenvalue weighted by Gasteiger charge is -2.33. The first-order valence-corrected chi connectivity index (χ1v) is 7.68. The molecule has 0 aromatic rings. The molecule has 0 amide bonds. The van der Waals surface area contributed by atoms with Crippen LogP contribution in [0.1, 0.15) is 53.4 Å². The highest BCUT2D eigenvalue weighted by atomic mass is 32.1. The average Bonchev–Trinajstić information content (AvgIpc) is 2.59. The van der Waals surface area contributed by atoms with Crippen LogP contribution >= 0.6 is 12.2 Å². The van der Waals surface area contributed by atoms with Gasteiger partial charge in [-0.25, -0.2) is 4.99 Å². The fourth-order valence-electron chi connectivity index (χ4n) is 3.87. The van der Waals surface area contributed by atoms with E-state index in [-0.39, 0.29) is 5.54 Å². The van der Waals surface area contributed by atoms with Crippen LogP contribution in [0.25, 0.3) is 0 Å². The summed E-state index contributed by atoms with van der Waals surface area (Å²) in [6.45, 7) is 9.31. The summed E-state index contributed by atoms with van der Waals surface area (Å²) < 4.78 is 0. The topological polar surface area (TPSA) is 12.4 Å². The molecule has 2 aliphatic rings. The molecule has 0 saturated heterocycles. The molecule has 0 heterocycles. The third kappa shape index (κ3) is 2.46. The zero-order valence-electron chi connectivity index (χ0n) is 12.1. The van der Waals surface area contributed by atoms with Gasteiger partial charge in [-0.3, -0.25) is 0 Å². The van der Waals surface area contributed by atoms with Crippen molar-refractivity contribution in [3.8, 4) is 0 Å². The summed E-state index contributed by atoms with van der Waals surface area (Å²) in [6, 6.07) is 0. The minimum atomic E-state index is 0.0182. The van der Waals surface area contributed by atoms with E-state index in [4.69, 9.17) is 12.2 Å². The standard InChI is InChI=1S/C16H25NS/c1-11(2)13-7-8-16(4,17-10-18)15-6-5-12(3)14(15)9-13/h9,11-12,14-15H,5-8H2,1-4H3/t12-,14-,15-,16-/m0/s1. The lowest BCUT2D eigenvalue weighted by Crippen LogP contribution is -2.34. The quantitative estimate of drug-likeness (QED) is 0.393. The molecule has 0 radical (unpaired) electrons. The number of allylic oxidation sites excluding steroid dienone is 2. The van der Waals surface area contributed by atoms with Gasteiger partial charge in [0, 0.05) is 0 Å². The van der Waals surface area contributed by atoms with Gasteiger partial charge in [-0.1, -0.05) is 32.4 Å². The number of hydrogen-bond donors (Lipinski definition) is 0. The van der Waals surface area contributed by atoms with E-state index in [1.165, 1.54) is 19.3 Å². The summed E-state index contributed by atoms with van der Waals surface area (Å²) in [4.78, 5) is 4.58. The lowest BCUT2D eigenvalue weighted by atomic mass is 9.76. The summed E-state index contributed by atoms with van der Waals surface area (Å²) in [6.07, 6.45) is 7.52. The van der Waals surface area contributed by atoms with Gasteiger partial charge in [-0.05, 0) is 68.5 Å². The number of rotatable bonds is 2. The van der Waals surface area contributed by atoms with Gasteiger partial charge < -0.3 is 0 Å². The van der Waals surface area contributed by atoms with Crippen LogP contribution in [0.4, 0.5) is 0 Å².